The first-order valence-electron chi connectivity index (χ1n) is 7.03. The first-order valence-corrected chi connectivity index (χ1v) is 7.67. The molecule has 1 nitrogen and oxygen atoms in total. The molecule has 1 fully saturated rings. The predicted molar refractivity (Wildman–Crippen MR) is 76.4 cm³/mol. The Hall–Kier alpha value is 0.310. The Kier molecular flexibility index (Phi) is 6.83. The van der Waals surface area contributed by atoms with Crippen LogP contribution in [0.25, 0.3) is 0 Å². The summed E-state index contributed by atoms with van der Waals surface area (Å²) < 4.78 is 0. The molecule has 1 rings (SSSR count). The fourth-order valence-corrected chi connectivity index (χ4v) is 2.69. The lowest BCUT2D eigenvalue weighted by molar-refractivity contribution is 0.113. The van der Waals surface area contributed by atoms with E-state index in [1.54, 1.807) is 0 Å². The van der Waals surface area contributed by atoms with E-state index in [1.807, 2.05) is 0 Å². The van der Waals surface area contributed by atoms with Crippen LogP contribution in [-0.4, -0.2) is 30.3 Å². The predicted octanol–water partition coefficient (Wildman–Crippen LogP) is 3.99. The summed E-state index contributed by atoms with van der Waals surface area (Å²) in [5.74, 6) is 1.05. The fourth-order valence-electron chi connectivity index (χ4n) is 2.47. The van der Waals surface area contributed by atoms with Crippen molar-refractivity contribution < 1.29 is 0 Å². The zero-order valence-electron chi connectivity index (χ0n) is 11.2. The van der Waals surface area contributed by atoms with Crippen LogP contribution in [0, 0.1) is 5.41 Å². The van der Waals surface area contributed by atoms with Crippen molar-refractivity contribution in [1.82, 2.24) is 4.90 Å². The largest absolute Gasteiger partial charge is 0.303 e. The first kappa shape index (κ1) is 14.4. The zero-order valence-corrected chi connectivity index (χ0v) is 12.1. The Bertz CT molecular complexity index is 174. The maximum absolute atomic E-state index is 4.24. The zero-order chi connectivity index (χ0) is 11.9. The summed E-state index contributed by atoms with van der Waals surface area (Å²) in [7, 11) is 0. The van der Waals surface area contributed by atoms with Gasteiger partial charge in [-0.3, -0.25) is 0 Å². The van der Waals surface area contributed by atoms with Crippen molar-refractivity contribution in [2.45, 2.75) is 58.8 Å². The molecule has 0 saturated carbocycles. The molecule has 0 amide bonds. The summed E-state index contributed by atoms with van der Waals surface area (Å²) in [6.07, 6.45) is 9.59. The molecule has 1 heterocycles. The Morgan fingerprint density at radius 1 is 1.06 bits per heavy atom. The van der Waals surface area contributed by atoms with Gasteiger partial charge in [-0.15, -0.1) is 0 Å². The smallest absolute Gasteiger partial charge is 0.00135 e. The lowest BCUT2D eigenvalue weighted by atomic mass is 9.78. The van der Waals surface area contributed by atoms with Crippen LogP contribution < -0.4 is 0 Å². The van der Waals surface area contributed by atoms with Crippen LogP contribution >= 0.6 is 12.6 Å². The summed E-state index contributed by atoms with van der Waals surface area (Å²) in [5, 5.41) is 0. The molecule has 0 spiro atoms. The highest BCUT2D eigenvalue weighted by Crippen LogP contribution is 2.33. The SMILES string of the molecule is CCC1(C)CCN(CCCCCCS)CC1. The Morgan fingerprint density at radius 2 is 1.69 bits per heavy atom. The Labute approximate surface area is 107 Å². The lowest BCUT2D eigenvalue weighted by Gasteiger charge is -2.39. The molecule has 1 aliphatic heterocycles. The molecule has 1 saturated heterocycles. The van der Waals surface area contributed by atoms with Crippen LogP contribution in [0.15, 0.2) is 0 Å². The second kappa shape index (κ2) is 7.60. The van der Waals surface area contributed by atoms with Gasteiger partial charge >= 0.3 is 0 Å². The number of likely N-dealkylation sites (tertiary alicyclic amines) is 1. The van der Waals surface area contributed by atoms with Crippen LogP contribution in [0.3, 0.4) is 0 Å². The van der Waals surface area contributed by atoms with Crippen molar-refractivity contribution in [1.29, 1.82) is 0 Å². The van der Waals surface area contributed by atoms with Gasteiger partial charge in [0.05, 0.1) is 0 Å². The second-order valence-corrected chi connectivity index (χ2v) is 6.09. The molecule has 0 unspecified atom stereocenters. The molecule has 16 heavy (non-hydrogen) atoms. The Balaban J connectivity index is 2.04. The van der Waals surface area contributed by atoms with E-state index >= 15 is 0 Å². The second-order valence-electron chi connectivity index (χ2n) is 5.64. The van der Waals surface area contributed by atoms with Gasteiger partial charge < -0.3 is 4.90 Å². The maximum atomic E-state index is 4.24. The molecule has 0 bridgehead atoms. The monoisotopic (exact) mass is 243 g/mol. The third kappa shape index (κ3) is 5.09. The van der Waals surface area contributed by atoms with Crippen LogP contribution in [-0.2, 0) is 0 Å². The van der Waals surface area contributed by atoms with E-state index in [4.69, 9.17) is 0 Å². The highest BCUT2D eigenvalue weighted by Gasteiger charge is 2.27. The van der Waals surface area contributed by atoms with Crippen molar-refractivity contribution in [3.63, 3.8) is 0 Å². The van der Waals surface area contributed by atoms with Gasteiger partial charge in [-0.2, -0.15) is 12.6 Å². The van der Waals surface area contributed by atoms with E-state index in [1.165, 1.54) is 64.6 Å². The number of unbranched alkanes of at least 4 members (excludes halogenated alkanes) is 3. The van der Waals surface area contributed by atoms with Gasteiger partial charge in [-0.1, -0.05) is 33.1 Å². The highest BCUT2D eigenvalue weighted by molar-refractivity contribution is 7.80. The van der Waals surface area contributed by atoms with Crippen molar-refractivity contribution >= 4 is 12.6 Å². The van der Waals surface area contributed by atoms with E-state index in [2.05, 4.69) is 31.4 Å². The number of hydrogen-bond donors (Lipinski definition) is 1. The highest BCUT2D eigenvalue weighted by atomic mass is 32.1. The fraction of sp³-hybridized carbons (Fsp3) is 1.00. The standard InChI is InChI=1S/C14H29NS/c1-3-14(2)8-11-15(12-9-14)10-6-4-5-7-13-16/h16H,3-13H2,1-2H3. The van der Waals surface area contributed by atoms with Crippen LogP contribution in [0.1, 0.15) is 58.8 Å². The minimum absolute atomic E-state index is 0.641. The van der Waals surface area contributed by atoms with E-state index in [0.29, 0.717) is 5.41 Å². The van der Waals surface area contributed by atoms with Gasteiger partial charge in [0.1, 0.15) is 0 Å². The van der Waals surface area contributed by atoms with Gasteiger partial charge in [0.15, 0.2) is 0 Å². The molecular weight excluding hydrogens is 214 g/mol. The molecule has 0 N–H and O–H groups in total. The average molecular weight is 243 g/mol. The average Bonchev–Trinajstić information content (AvgIpc) is 2.31. The molecule has 2 heteroatoms. The topological polar surface area (TPSA) is 3.24 Å². The van der Waals surface area contributed by atoms with Crippen molar-refractivity contribution in [3.05, 3.63) is 0 Å². The molecule has 0 aromatic carbocycles. The molecule has 96 valence electrons. The molecule has 0 aromatic rings. The van der Waals surface area contributed by atoms with Gasteiger partial charge in [0.25, 0.3) is 0 Å². The summed E-state index contributed by atoms with van der Waals surface area (Å²) in [6.45, 7) is 8.78. The minimum Gasteiger partial charge on any atom is -0.303 e. The van der Waals surface area contributed by atoms with Crippen molar-refractivity contribution in [3.8, 4) is 0 Å². The number of piperidine rings is 1. The molecule has 0 radical (unpaired) electrons. The van der Waals surface area contributed by atoms with Crippen molar-refractivity contribution in [2.75, 3.05) is 25.4 Å². The van der Waals surface area contributed by atoms with E-state index in [0.717, 1.165) is 5.75 Å². The minimum atomic E-state index is 0.641. The Morgan fingerprint density at radius 3 is 2.25 bits per heavy atom. The third-order valence-electron chi connectivity index (χ3n) is 4.30. The third-order valence-corrected chi connectivity index (χ3v) is 4.62. The van der Waals surface area contributed by atoms with Crippen LogP contribution in [0.2, 0.25) is 0 Å². The maximum Gasteiger partial charge on any atom is -0.00135 e. The molecule has 1 aliphatic rings. The van der Waals surface area contributed by atoms with E-state index in [-0.39, 0.29) is 0 Å². The first-order chi connectivity index (χ1) is 7.70. The molecule has 0 aromatic heterocycles. The lowest BCUT2D eigenvalue weighted by Crippen LogP contribution is -2.38. The quantitative estimate of drug-likeness (QED) is 0.523. The number of thiol groups is 1. The van der Waals surface area contributed by atoms with Gasteiger partial charge in [-0.25, -0.2) is 0 Å². The van der Waals surface area contributed by atoms with Crippen LogP contribution in [0.4, 0.5) is 0 Å². The normalized spacial score (nSPS) is 21.2. The van der Waals surface area contributed by atoms with Crippen molar-refractivity contribution in [2.24, 2.45) is 5.41 Å². The van der Waals surface area contributed by atoms with E-state index < -0.39 is 0 Å². The number of hydrogen-bond acceptors (Lipinski definition) is 2. The molecule has 0 atom stereocenters. The number of rotatable bonds is 7. The van der Waals surface area contributed by atoms with Crippen LogP contribution in [0.5, 0.6) is 0 Å². The summed E-state index contributed by atoms with van der Waals surface area (Å²) in [4.78, 5) is 2.66. The molecule has 0 aliphatic carbocycles. The number of nitrogens with zero attached hydrogens (tertiary/aromatic N) is 1. The summed E-state index contributed by atoms with van der Waals surface area (Å²) in [5.41, 5.74) is 0.641. The van der Waals surface area contributed by atoms with Gasteiger partial charge in [0.2, 0.25) is 0 Å². The van der Waals surface area contributed by atoms with E-state index in [9.17, 15) is 0 Å². The van der Waals surface area contributed by atoms with Gasteiger partial charge in [0, 0.05) is 0 Å². The van der Waals surface area contributed by atoms with Gasteiger partial charge in [-0.05, 0) is 56.5 Å². The summed E-state index contributed by atoms with van der Waals surface area (Å²) >= 11 is 4.24. The molecular formula is C14H29NS. The summed E-state index contributed by atoms with van der Waals surface area (Å²) in [6, 6.07) is 0.